The number of nitrogens with two attached hydrogens (primary N) is 1. The highest BCUT2D eigenvalue weighted by Gasteiger charge is 2.17. The zero-order valence-corrected chi connectivity index (χ0v) is 9.85. The number of methoxy groups -OCH3 is 1. The molecule has 15 heavy (non-hydrogen) atoms. The zero-order chi connectivity index (χ0) is 9.97. The van der Waals surface area contributed by atoms with Crippen LogP contribution in [-0.2, 0) is 12.8 Å². The average Bonchev–Trinajstić information content (AvgIpc) is 2.27. The normalized spacial score (nSPS) is 18.9. The van der Waals surface area contributed by atoms with Crippen molar-refractivity contribution >= 4 is 12.4 Å². The van der Waals surface area contributed by atoms with Crippen LogP contribution < -0.4 is 10.5 Å². The standard InChI is InChI=1S/C12H17NO.ClH/c1-14-12-5-4-10-3-2-9(8-13)6-11(10)7-12;/h4-5,7,9H,2-3,6,8,13H2,1H3;1H/t9-;/m0./s1. The quantitative estimate of drug-likeness (QED) is 0.841. The van der Waals surface area contributed by atoms with Crippen LogP contribution in [-0.4, -0.2) is 13.7 Å². The Hall–Kier alpha value is -0.730. The summed E-state index contributed by atoms with van der Waals surface area (Å²) in [4.78, 5) is 0. The van der Waals surface area contributed by atoms with Gasteiger partial charge in [0.25, 0.3) is 0 Å². The summed E-state index contributed by atoms with van der Waals surface area (Å²) in [7, 11) is 1.71. The van der Waals surface area contributed by atoms with Crippen LogP contribution in [0.3, 0.4) is 0 Å². The van der Waals surface area contributed by atoms with Gasteiger partial charge >= 0.3 is 0 Å². The third-order valence-corrected chi connectivity index (χ3v) is 3.08. The maximum atomic E-state index is 5.70. The minimum absolute atomic E-state index is 0. The second-order valence-corrected chi connectivity index (χ2v) is 3.98. The summed E-state index contributed by atoms with van der Waals surface area (Å²) in [5, 5.41) is 0. The largest absolute Gasteiger partial charge is 0.497 e. The molecule has 1 aliphatic carbocycles. The highest BCUT2D eigenvalue weighted by molar-refractivity contribution is 5.85. The topological polar surface area (TPSA) is 35.2 Å². The van der Waals surface area contributed by atoms with Gasteiger partial charge in [-0.2, -0.15) is 0 Å². The smallest absolute Gasteiger partial charge is 0.119 e. The minimum Gasteiger partial charge on any atom is -0.497 e. The number of fused-ring (bicyclic) bond motifs is 1. The first-order chi connectivity index (χ1) is 6.83. The number of halogens is 1. The van der Waals surface area contributed by atoms with Gasteiger partial charge in [0.15, 0.2) is 0 Å². The molecule has 0 aliphatic heterocycles. The third-order valence-electron chi connectivity index (χ3n) is 3.08. The molecule has 0 saturated carbocycles. The summed E-state index contributed by atoms with van der Waals surface area (Å²) < 4.78 is 5.22. The van der Waals surface area contributed by atoms with E-state index in [0.29, 0.717) is 5.92 Å². The van der Waals surface area contributed by atoms with Crippen molar-refractivity contribution in [1.29, 1.82) is 0 Å². The number of hydrogen-bond acceptors (Lipinski definition) is 2. The molecule has 0 saturated heterocycles. The van der Waals surface area contributed by atoms with Crippen LogP contribution in [0.15, 0.2) is 18.2 Å². The Balaban J connectivity index is 0.00000112. The van der Waals surface area contributed by atoms with Crippen molar-refractivity contribution < 1.29 is 4.74 Å². The lowest BCUT2D eigenvalue weighted by Crippen LogP contribution is -2.22. The van der Waals surface area contributed by atoms with Crippen molar-refractivity contribution in [1.82, 2.24) is 0 Å². The van der Waals surface area contributed by atoms with Gasteiger partial charge in [0.1, 0.15) is 5.75 Å². The summed E-state index contributed by atoms with van der Waals surface area (Å²) in [6, 6.07) is 6.37. The monoisotopic (exact) mass is 227 g/mol. The lowest BCUT2D eigenvalue weighted by Gasteiger charge is -2.23. The summed E-state index contributed by atoms with van der Waals surface area (Å²) in [6.07, 6.45) is 3.51. The van der Waals surface area contributed by atoms with E-state index >= 15 is 0 Å². The number of benzene rings is 1. The lowest BCUT2D eigenvalue weighted by atomic mass is 9.84. The number of hydrogen-bond donors (Lipinski definition) is 1. The summed E-state index contributed by atoms with van der Waals surface area (Å²) in [5.74, 6) is 1.62. The second kappa shape index (κ2) is 5.38. The van der Waals surface area contributed by atoms with Gasteiger partial charge in [0.2, 0.25) is 0 Å². The van der Waals surface area contributed by atoms with Crippen LogP contribution in [0.5, 0.6) is 5.75 Å². The summed E-state index contributed by atoms with van der Waals surface area (Å²) in [5.41, 5.74) is 8.59. The molecule has 2 nitrogen and oxygen atoms in total. The highest BCUT2D eigenvalue weighted by atomic mass is 35.5. The van der Waals surface area contributed by atoms with Gasteiger partial charge in [-0.1, -0.05) is 6.07 Å². The Morgan fingerprint density at radius 2 is 2.20 bits per heavy atom. The predicted molar refractivity (Wildman–Crippen MR) is 64.8 cm³/mol. The van der Waals surface area contributed by atoms with E-state index in [-0.39, 0.29) is 12.4 Å². The Bertz CT molecular complexity index is 327. The van der Waals surface area contributed by atoms with Gasteiger partial charge in [-0.25, -0.2) is 0 Å². The first-order valence-electron chi connectivity index (χ1n) is 5.19. The van der Waals surface area contributed by atoms with E-state index in [1.807, 2.05) is 6.07 Å². The summed E-state index contributed by atoms with van der Waals surface area (Å²) in [6.45, 7) is 0.802. The van der Waals surface area contributed by atoms with Gasteiger partial charge in [0.05, 0.1) is 7.11 Å². The van der Waals surface area contributed by atoms with Crippen molar-refractivity contribution in [3.05, 3.63) is 29.3 Å². The molecule has 0 aromatic heterocycles. The Kier molecular flexibility index (Phi) is 4.43. The highest BCUT2D eigenvalue weighted by Crippen LogP contribution is 2.27. The van der Waals surface area contributed by atoms with Gasteiger partial charge in [-0.15, -0.1) is 12.4 Å². The van der Waals surface area contributed by atoms with Gasteiger partial charge in [0, 0.05) is 0 Å². The maximum absolute atomic E-state index is 5.70. The van der Waals surface area contributed by atoms with Gasteiger partial charge in [-0.05, 0) is 55.0 Å². The molecule has 0 unspecified atom stereocenters. The van der Waals surface area contributed by atoms with Crippen molar-refractivity contribution in [3.63, 3.8) is 0 Å². The SMILES string of the molecule is COc1ccc2c(c1)C[C@@H](CN)CC2.Cl. The first-order valence-corrected chi connectivity index (χ1v) is 5.19. The number of rotatable bonds is 2. The molecule has 3 heteroatoms. The molecule has 0 bridgehead atoms. The molecular formula is C12H18ClNO. The predicted octanol–water partition coefficient (Wildman–Crippen LogP) is 2.18. The summed E-state index contributed by atoms with van der Waals surface area (Å²) >= 11 is 0. The van der Waals surface area contributed by atoms with Crippen LogP contribution in [0.1, 0.15) is 17.5 Å². The second-order valence-electron chi connectivity index (χ2n) is 3.98. The van der Waals surface area contributed by atoms with E-state index < -0.39 is 0 Å². The molecule has 0 spiro atoms. The lowest BCUT2D eigenvalue weighted by molar-refractivity contribution is 0.411. The van der Waals surface area contributed by atoms with Gasteiger partial charge < -0.3 is 10.5 Å². The number of ether oxygens (including phenoxy) is 1. The van der Waals surface area contributed by atoms with Crippen molar-refractivity contribution in [2.75, 3.05) is 13.7 Å². The minimum atomic E-state index is 0. The van der Waals surface area contributed by atoms with E-state index in [1.54, 1.807) is 7.11 Å². The first kappa shape index (κ1) is 12.3. The zero-order valence-electron chi connectivity index (χ0n) is 9.03. The molecule has 2 rings (SSSR count). The fourth-order valence-electron chi connectivity index (χ4n) is 2.14. The molecule has 0 fully saturated rings. The molecule has 1 aliphatic rings. The van der Waals surface area contributed by atoms with E-state index in [4.69, 9.17) is 10.5 Å². The van der Waals surface area contributed by atoms with Crippen LogP contribution in [0, 0.1) is 5.92 Å². The van der Waals surface area contributed by atoms with Crippen LogP contribution in [0.25, 0.3) is 0 Å². The van der Waals surface area contributed by atoms with Crippen LogP contribution in [0.2, 0.25) is 0 Å². The van der Waals surface area contributed by atoms with E-state index in [9.17, 15) is 0 Å². The Labute approximate surface area is 97.2 Å². The fraction of sp³-hybridized carbons (Fsp3) is 0.500. The molecule has 0 radical (unpaired) electrons. The average molecular weight is 228 g/mol. The van der Waals surface area contributed by atoms with E-state index in [1.165, 1.54) is 24.0 Å². The van der Waals surface area contributed by atoms with Gasteiger partial charge in [-0.3, -0.25) is 0 Å². The molecule has 1 aromatic rings. The molecule has 2 N–H and O–H groups in total. The van der Waals surface area contributed by atoms with Crippen LogP contribution in [0.4, 0.5) is 0 Å². The molecule has 0 heterocycles. The number of aryl methyl sites for hydroxylation is 1. The fourth-order valence-corrected chi connectivity index (χ4v) is 2.14. The van der Waals surface area contributed by atoms with Crippen molar-refractivity contribution in [3.8, 4) is 5.75 Å². The van der Waals surface area contributed by atoms with E-state index in [0.717, 1.165) is 18.7 Å². The molecule has 84 valence electrons. The third kappa shape index (κ3) is 2.64. The van der Waals surface area contributed by atoms with Crippen LogP contribution >= 0.6 is 12.4 Å². The molecule has 1 atom stereocenters. The van der Waals surface area contributed by atoms with Crippen molar-refractivity contribution in [2.24, 2.45) is 11.7 Å². The molecular weight excluding hydrogens is 210 g/mol. The van der Waals surface area contributed by atoms with Crippen molar-refractivity contribution in [2.45, 2.75) is 19.3 Å². The molecule has 0 amide bonds. The van der Waals surface area contributed by atoms with E-state index in [2.05, 4.69) is 12.1 Å². The Morgan fingerprint density at radius 1 is 1.40 bits per heavy atom. The Morgan fingerprint density at radius 3 is 2.87 bits per heavy atom. The maximum Gasteiger partial charge on any atom is 0.119 e. The molecule has 1 aromatic carbocycles.